The van der Waals surface area contributed by atoms with E-state index in [0.717, 1.165) is 16.7 Å². The second-order valence-electron chi connectivity index (χ2n) is 11.1. The van der Waals surface area contributed by atoms with Gasteiger partial charge in [0.15, 0.2) is 0 Å². The Morgan fingerprint density at radius 1 is 0.932 bits per heavy atom. The fourth-order valence-electron chi connectivity index (χ4n) is 5.37. The Labute approximate surface area is 261 Å². The largest absolute Gasteiger partial charge is 0.453 e. The molecular formula is C34H45N3O6S. The summed E-state index contributed by atoms with van der Waals surface area (Å²) in [5.74, 6) is -0.859. The summed E-state index contributed by atoms with van der Waals surface area (Å²) in [4.78, 5) is 26.2. The van der Waals surface area contributed by atoms with Crippen LogP contribution in [0.4, 0.5) is 4.79 Å². The molecule has 0 radical (unpaired) electrons. The number of nitrogens with one attached hydrogen (secondary N) is 2. The van der Waals surface area contributed by atoms with Crippen LogP contribution in [-0.4, -0.2) is 68.7 Å². The third kappa shape index (κ3) is 9.38. The number of carbonyl (C=O) groups is 2. The summed E-state index contributed by atoms with van der Waals surface area (Å²) in [6.07, 6.45) is 0.841. The molecule has 0 fully saturated rings. The topological polar surface area (TPSA) is 125 Å². The average molecular weight is 624 g/mol. The van der Waals surface area contributed by atoms with Crippen LogP contribution in [0.5, 0.6) is 0 Å². The zero-order valence-corrected chi connectivity index (χ0v) is 26.8. The summed E-state index contributed by atoms with van der Waals surface area (Å²) >= 11 is 0. The highest BCUT2D eigenvalue weighted by Crippen LogP contribution is 2.29. The number of hydrogen-bond donors (Lipinski definition) is 3. The lowest BCUT2D eigenvalue weighted by Crippen LogP contribution is -2.50. The van der Waals surface area contributed by atoms with Crippen molar-refractivity contribution in [1.29, 1.82) is 0 Å². The third-order valence-corrected chi connectivity index (χ3v) is 9.66. The first-order valence-corrected chi connectivity index (χ1v) is 16.5. The van der Waals surface area contributed by atoms with Gasteiger partial charge in [0.1, 0.15) is 6.04 Å². The van der Waals surface area contributed by atoms with Crippen molar-refractivity contribution in [2.24, 2.45) is 5.92 Å². The normalized spacial score (nSPS) is 13.7. The maximum atomic E-state index is 13.6. The van der Waals surface area contributed by atoms with Crippen molar-refractivity contribution in [3.63, 3.8) is 0 Å². The molecule has 9 nitrogen and oxygen atoms in total. The van der Waals surface area contributed by atoms with E-state index in [2.05, 4.69) is 10.6 Å². The number of hydrogen-bond acceptors (Lipinski definition) is 6. The predicted octanol–water partition coefficient (Wildman–Crippen LogP) is 4.85. The Kier molecular flexibility index (Phi) is 13.4. The minimum Gasteiger partial charge on any atom is -0.453 e. The molecule has 0 aliphatic carbocycles. The SMILES string of the molecule is CCCN(C(CO)CC(C)CCNC(=O)[C@@H](NC(=O)OC)C(c1ccccc1)c1ccccc1)S(=O)(=O)c1ccc(C)cc1. The molecule has 0 heterocycles. The van der Waals surface area contributed by atoms with Gasteiger partial charge in [-0.2, -0.15) is 4.31 Å². The highest BCUT2D eigenvalue weighted by Gasteiger charge is 2.34. The highest BCUT2D eigenvalue weighted by molar-refractivity contribution is 7.89. The number of aryl methyl sites for hydroxylation is 1. The molecule has 2 amide bonds. The van der Waals surface area contributed by atoms with E-state index >= 15 is 0 Å². The molecule has 0 aliphatic rings. The van der Waals surface area contributed by atoms with Crippen molar-refractivity contribution >= 4 is 22.0 Å². The summed E-state index contributed by atoms with van der Waals surface area (Å²) in [5, 5.41) is 16.0. The molecule has 0 aromatic heterocycles. The number of alkyl carbamates (subject to hydrolysis) is 1. The summed E-state index contributed by atoms with van der Waals surface area (Å²) in [5.41, 5.74) is 2.68. The van der Waals surface area contributed by atoms with Crippen molar-refractivity contribution in [2.45, 2.75) is 62.9 Å². The van der Waals surface area contributed by atoms with Crippen molar-refractivity contribution < 1.29 is 27.9 Å². The van der Waals surface area contributed by atoms with Gasteiger partial charge in [0.25, 0.3) is 0 Å². The Bertz CT molecular complexity index is 1380. The summed E-state index contributed by atoms with van der Waals surface area (Å²) in [6, 6.07) is 24.2. The van der Waals surface area contributed by atoms with Crippen molar-refractivity contribution in [3.8, 4) is 0 Å². The Balaban J connectivity index is 1.73. The van der Waals surface area contributed by atoms with Gasteiger partial charge < -0.3 is 20.5 Å². The molecule has 238 valence electrons. The van der Waals surface area contributed by atoms with Crippen LogP contribution in [0.15, 0.2) is 89.8 Å². The second kappa shape index (κ2) is 16.9. The van der Waals surface area contributed by atoms with Gasteiger partial charge in [0.05, 0.1) is 18.6 Å². The van der Waals surface area contributed by atoms with Crippen LogP contribution in [0.1, 0.15) is 55.7 Å². The van der Waals surface area contributed by atoms with Crippen LogP contribution in [0.2, 0.25) is 0 Å². The summed E-state index contributed by atoms with van der Waals surface area (Å²) in [6.45, 7) is 6.04. The van der Waals surface area contributed by atoms with Crippen LogP contribution in [0.3, 0.4) is 0 Å². The number of aliphatic hydroxyl groups is 1. The molecule has 3 aromatic carbocycles. The van der Waals surface area contributed by atoms with E-state index in [1.807, 2.05) is 81.4 Å². The predicted molar refractivity (Wildman–Crippen MR) is 172 cm³/mol. The molecule has 3 atom stereocenters. The van der Waals surface area contributed by atoms with E-state index in [0.29, 0.717) is 25.8 Å². The molecule has 10 heteroatoms. The molecular weight excluding hydrogens is 578 g/mol. The van der Waals surface area contributed by atoms with E-state index in [4.69, 9.17) is 4.74 Å². The van der Waals surface area contributed by atoms with Crippen LogP contribution >= 0.6 is 0 Å². The van der Waals surface area contributed by atoms with Crippen molar-refractivity contribution in [1.82, 2.24) is 14.9 Å². The van der Waals surface area contributed by atoms with Gasteiger partial charge in [0, 0.05) is 25.0 Å². The standard InChI is InChI=1S/C34H45N3O6S/c1-5-22-37(44(41,42)30-18-16-25(2)17-19-30)29(24-38)23-26(3)20-21-35-33(39)32(36-34(40)43-4)31(27-12-8-6-9-13-27)28-14-10-7-11-15-28/h6-19,26,29,31-32,38H,5,20-24H2,1-4H3,(H,35,39)(H,36,40)/t26?,29?,32-/m0/s1. The molecule has 0 aliphatic heterocycles. The lowest BCUT2D eigenvalue weighted by Gasteiger charge is -2.31. The fourth-order valence-corrected chi connectivity index (χ4v) is 7.09. The first-order valence-electron chi connectivity index (χ1n) is 15.0. The van der Waals surface area contributed by atoms with Gasteiger partial charge in [-0.15, -0.1) is 0 Å². The Morgan fingerprint density at radius 2 is 1.50 bits per heavy atom. The molecule has 2 unspecified atom stereocenters. The summed E-state index contributed by atoms with van der Waals surface area (Å²) in [7, 11) is -2.55. The Morgan fingerprint density at radius 3 is 2.00 bits per heavy atom. The number of amides is 2. The molecule has 3 rings (SSSR count). The number of benzene rings is 3. The zero-order chi connectivity index (χ0) is 32.1. The van der Waals surface area contributed by atoms with Gasteiger partial charge in [-0.3, -0.25) is 4.79 Å². The fraction of sp³-hybridized carbons (Fsp3) is 0.412. The first-order chi connectivity index (χ1) is 21.1. The van der Waals surface area contributed by atoms with E-state index in [1.54, 1.807) is 24.3 Å². The molecule has 3 aromatic rings. The number of carbonyl (C=O) groups excluding carboxylic acids is 2. The van der Waals surface area contributed by atoms with E-state index in [1.165, 1.54) is 11.4 Å². The third-order valence-electron chi connectivity index (χ3n) is 7.69. The number of rotatable bonds is 16. The molecule has 0 spiro atoms. The quantitative estimate of drug-likeness (QED) is 0.210. The van der Waals surface area contributed by atoms with Gasteiger partial charge in [0.2, 0.25) is 15.9 Å². The maximum Gasteiger partial charge on any atom is 0.407 e. The second-order valence-corrected chi connectivity index (χ2v) is 13.0. The molecule has 0 saturated carbocycles. The lowest BCUT2D eigenvalue weighted by atomic mass is 9.84. The monoisotopic (exact) mass is 623 g/mol. The molecule has 0 bridgehead atoms. The number of sulfonamides is 1. The van der Waals surface area contributed by atoms with Crippen LogP contribution in [0, 0.1) is 12.8 Å². The highest BCUT2D eigenvalue weighted by atomic mass is 32.2. The number of methoxy groups -OCH3 is 1. The molecule has 0 saturated heterocycles. The van der Waals surface area contributed by atoms with E-state index in [-0.39, 0.29) is 29.9 Å². The van der Waals surface area contributed by atoms with Gasteiger partial charge >= 0.3 is 6.09 Å². The minimum atomic E-state index is -3.81. The van der Waals surface area contributed by atoms with Crippen molar-refractivity contribution in [2.75, 3.05) is 26.8 Å². The van der Waals surface area contributed by atoms with Crippen LogP contribution < -0.4 is 10.6 Å². The number of ether oxygens (including phenoxy) is 1. The number of aliphatic hydroxyl groups excluding tert-OH is 1. The van der Waals surface area contributed by atoms with Crippen LogP contribution in [-0.2, 0) is 19.6 Å². The average Bonchev–Trinajstić information content (AvgIpc) is 3.03. The molecule has 44 heavy (non-hydrogen) atoms. The maximum absolute atomic E-state index is 13.6. The van der Waals surface area contributed by atoms with Crippen molar-refractivity contribution in [3.05, 3.63) is 102 Å². The summed E-state index contributed by atoms with van der Waals surface area (Å²) < 4.78 is 33.3. The number of nitrogens with zero attached hydrogens (tertiary/aromatic N) is 1. The first kappa shape index (κ1) is 34.8. The lowest BCUT2D eigenvalue weighted by molar-refractivity contribution is -0.123. The van der Waals surface area contributed by atoms with Gasteiger partial charge in [-0.25, -0.2) is 13.2 Å². The smallest absolute Gasteiger partial charge is 0.407 e. The van der Waals surface area contributed by atoms with E-state index < -0.39 is 34.1 Å². The molecule has 3 N–H and O–H groups in total. The van der Waals surface area contributed by atoms with Gasteiger partial charge in [-0.05, 0) is 55.4 Å². The van der Waals surface area contributed by atoms with Gasteiger partial charge in [-0.1, -0.05) is 92.2 Å². The Hall–Kier alpha value is -3.73. The van der Waals surface area contributed by atoms with Crippen LogP contribution in [0.25, 0.3) is 0 Å². The van der Waals surface area contributed by atoms with E-state index in [9.17, 15) is 23.1 Å². The minimum absolute atomic E-state index is 0.0221. The zero-order valence-electron chi connectivity index (χ0n) is 26.0.